The molecule has 0 fully saturated rings. The Bertz CT molecular complexity index is 89.0. The molecule has 12 heavy (non-hydrogen) atoms. The minimum absolute atomic E-state index is 0.707. The van der Waals surface area contributed by atoms with Gasteiger partial charge in [-0.2, -0.15) is 0 Å². The summed E-state index contributed by atoms with van der Waals surface area (Å²) in [5.41, 5.74) is 0. The molecule has 1 unspecified atom stereocenters. The Hall–Kier alpha value is -0.0400. The fourth-order valence-corrected chi connectivity index (χ4v) is 1.24. The lowest BCUT2D eigenvalue weighted by atomic mass is 10.1. The monoisotopic (exact) mass is 171 g/mol. The van der Waals surface area contributed by atoms with Crippen LogP contribution in [0.25, 0.3) is 0 Å². The van der Waals surface area contributed by atoms with E-state index in [4.69, 9.17) is 0 Å². The van der Waals surface area contributed by atoms with E-state index >= 15 is 0 Å². The highest BCUT2D eigenvalue weighted by molar-refractivity contribution is 4.61. The van der Waals surface area contributed by atoms with Gasteiger partial charge in [0.2, 0.25) is 0 Å². The summed E-state index contributed by atoms with van der Waals surface area (Å²) in [5, 5.41) is 3.54. The van der Waals surface area contributed by atoms with Crippen molar-refractivity contribution < 1.29 is 0 Å². The first-order valence-electron chi connectivity index (χ1n) is 5.40. The van der Waals surface area contributed by atoms with Gasteiger partial charge in [0.15, 0.2) is 0 Å². The van der Waals surface area contributed by atoms with E-state index in [1.807, 2.05) is 0 Å². The van der Waals surface area contributed by atoms with Gasteiger partial charge in [0.1, 0.15) is 0 Å². The molecular weight excluding hydrogens is 146 g/mol. The Kier molecular flexibility index (Phi) is 7.58. The largest absolute Gasteiger partial charge is 0.314 e. The van der Waals surface area contributed by atoms with Gasteiger partial charge in [0.05, 0.1) is 0 Å². The fourth-order valence-electron chi connectivity index (χ4n) is 1.24. The Morgan fingerprint density at radius 3 is 2.25 bits per heavy atom. The van der Waals surface area contributed by atoms with Crippen LogP contribution in [0.2, 0.25) is 0 Å². The van der Waals surface area contributed by atoms with E-state index in [2.05, 4.69) is 33.0 Å². The van der Waals surface area contributed by atoms with Crippen LogP contribution in [0.3, 0.4) is 0 Å². The highest BCUT2D eigenvalue weighted by Crippen LogP contribution is 2.03. The zero-order valence-corrected chi connectivity index (χ0v) is 9.19. The molecule has 74 valence electrons. The molecule has 0 saturated heterocycles. The number of hydrogen-bond donors (Lipinski definition) is 1. The maximum absolute atomic E-state index is 3.54. The van der Waals surface area contributed by atoms with Crippen LogP contribution in [0, 0.1) is 5.92 Å². The van der Waals surface area contributed by atoms with Crippen molar-refractivity contribution in [2.45, 2.75) is 59.4 Å². The van der Waals surface area contributed by atoms with Gasteiger partial charge < -0.3 is 5.32 Å². The second-order valence-electron chi connectivity index (χ2n) is 4.20. The third-order valence-corrected chi connectivity index (χ3v) is 2.12. The van der Waals surface area contributed by atoms with Gasteiger partial charge in [-0.25, -0.2) is 0 Å². The maximum Gasteiger partial charge on any atom is 0.00388 e. The van der Waals surface area contributed by atoms with Crippen LogP contribution in [0.5, 0.6) is 0 Å². The molecule has 1 atom stereocenters. The average molecular weight is 171 g/mol. The summed E-state index contributed by atoms with van der Waals surface area (Å²) >= 11 is 0. The van der Waals surface area contributed by atoms with Crippen molar-refractivity contribution in [2.75, 3.05) is 6.54 Å². The molecule has 0 heterocycles. The fraction of sp³-hybridized carbons (Fsp3) is 1.00. The van der Waals surface area contributed by atoms with E-state index < -0.39 is 0 Å². The lowest BCUT2D eigenvalue weighted by Gasteiger charge is -2.14. The standard InChI is InChI=1S/C11H25N/c1-5-6-7-8-11(4)12-9-10(2)3/h10-12H,5-9H2,1-4H3. The molecule has 0 aliphatic carbocycles. The second-order valence-corrected chi connectivity index (χ2v) is 4.20. The molecule has 0 aromatic carbocycles. The molecule has 0 aliphatic rings. The Labute approximate surface area is 77.9 Å². The summed E-state index contributed by atoms with van der Waals surface area (Å²) in [6.45, 7) is 10.2. The van der Waals surface area contributed by atoms with Gasteiger partial charge in [0.25, 0.3) is 0 Å². The smallest absolute Gasteiger partial charge is 0.00388 e. The van der Waals surface area contributed by atoms with Crippen molar-refractivity contribution in [3.8, 4) is 0 Å². The normalized spacial score (nSPS) is 13.8. The van der Waals surface area contributed by atoms with Crippen LogP contribution in [0.4, 0.5) is 0 Å². The van der Waals surface area contributed by atoms with Crippen LogP contribution < -0.4 is 5.32 Å². The summed E-state index contributed by atoms with van der Waals surface area (Å²) in [7, 11) is 0. The molecule has 0 bridgehead atoms. The van der Waals surface area contributed by atoms with E-state index in [0.717, 1.165) is 12.5 Å². The number of unbranched alkanes of at least 4 members (excludes halogenated alkanes) is 2. The predicted molar refractivity (Wildman–Crippen MR) is 56.4 cm³/mol. The molecule has 1 N–H and O–H groups in total. The van der Waals surface area contributed by atoms with Crippen molar-refractivity contribution in [3.05, 3.63) is 0 Å². The first-order valence-corrected chi connectivity index (χ1v) is 5.40. The molecule has 1 heteroatoms. The molecule has 0 aromatic rings. The van der Waals surface area contributed by atoms with Crippen LogP contribution in [-0.4, -0.2) is 12.6 Å². The van der Waals surface area contributed by atoms with Gasteiger partial charge in [0, 0.05) is 6.04 Å². The molecule has 0 rings (SSSR count). The maximum atomic E-state index is 3.54. The topological polar surface area (TPSA) is 12.0 Å². The number of nitrogens with one attached hydrogen (secondary N) is 1. The van der Waals surface area contributed by atoms with Crippen LogP contribution in [0.1, 0.15) is 53.4 Å². The third-order valence-electron chi connectivity index (χ3n) is 2.12. The zero-order valence-electron chi connectivity index (χ0n) is 9.19. The third kappa shape index (κ3) is 8.06. The zero-order chi connectivity index (χ0) is 9.40. The lowest BCUT2D eigenvalue weighted by molar-refractivity contribution is 0.449. The second kappa shape index (κ2) is 7.60. The molecule has 0 aromatic heterocycles. The van der Waals surface area contributed by atoms with Crippen molar-refractivity contribution in [1.29, 1.82) is 0 Å². The van der Waals surface area contributed by atoms with Crippen molar-refractivity contribution in [1.82, 2.24) is 5.32 Å². The molecule has 0 amide bonds. The first-order chi connectivity index (χ1) is 5.66. The van der Waals surface area contributed by atoms with Crippen LogP contribution >= 0.6 is 0 Å². The summed E-state index contributed by atoms with van der Waals surface area (Å²) in [4.78, 5) is 0. The molecule has 0 spiro atoms. The van der Waals surface area contributed by atoms with Gasteiger partial charge in [-0.1, -0.05) is 40.0 Å². The lowest BCUT2D eigenvalue weighted by Crippen LogP contribution is -2.29. The minimum atomic E-state index is 0.707. The average Bonchev–Trinajstić information content (AvgIpc) is 2.01. The van der Waals surface area contributed by atoms with Gasteiger partial charge in [-0.05, 0) is 25.8 Å². The molecule has 1 nitrogen and oxygen atoms in total. The number of hydrogen-bond acceptors (Lipinski definition) is 1. The quantitative estimate of drug-likeness (QED) is 0.580. The highest BCUT2D eigenvalue weighted by Gasteiger charge is 2.00. The van der Waals surface area contributed by atoms with Gasteiger partial charge >= 0.3 is 0 Å². The van der Waals surface area contributed by atoms with Crippen LogP contribution in [0.15, 0.2) is 0 Å². The van der Waals surface area contributed by atoms with E-state index in [-0.39, 0.29) is 0 Å². The van der Waals surface area contributed by atoms with Crippen LogP contribution in [-0.2, 0) is 0 Å². The van der Waals surface area contributed by atoms with E-state index in [0.29, 0.717) is 6.04 Å². The molecular formula is C11H25N. The predicted octanol–water partition coefficient (Wildman–Crippen LogP) is 3.20. The van der Waals surface area contributed by atoms with E-state index in [9.17, 15) is 0 Å². The first kappa shape index (κ1) is 12.0. The molecule has 0 aliphatic heterocycles. The van der Waals surface area contributed by atoms with E-state index in [1.54, 1.807) is 0 Å². The van der Waals surface area contributed by atoms with Crippen molar-refractivity contribution >= 4 is 0 Å². The SMILES string of the molecule is CCCCCC(C)NCC(C)C. The Morgan fingerprint density at radius 2 is 1.75 bits per heavy atom. The van der Waals surface area contributed by atoms with Crippen molar-refractivity contribution in [2.24, 2.45) is 5.92 Å². The molecule has 0 radical (unpaired) electrons. The van der Waals surface area contributed by atoms with Gasteiger partial charge in [-0.15, -0.1) is 0 Å². The summed E-state index contributed by atoms with van der Waals surface area (Å²) in [5.74, 6) is 0.777. The van der Waals surface area contributed by atoms with Crippen molar-refractivity contribution in [3.63, 3.8) is 0 Å². The summed E-state index contributed by atoms with van der Waals surface area (Å²) < 4.78 is 0. The minimum Gasteiger partial charge on any atom is -0.314 e. The molecule has 0 saturated carbocycles. The Morgan fingerprint density at radius 1 is 1.08 bits per heavy atom. The van der Waals surface area contributed by atoms with Gasteiger partial charge in [-0.3, -0.25) is 0 Å². The highest BCUT2D eigenvalue weighted by atomic mass is 14.9. The summed E-state index contributed by atoms with van der Waals surface area (Å²) in [6.07, 6.45) is 5.42. The van der Waals surface area contributed by atoms with E-state index in [1.165, 1.54) is 25.7 Å². The summed E-state index contributed by atoms with van der Waals surface area (Å²) in [6, 6.07) is 0.707. The Balaban J connectivity index is 3.15. The number of rotatable bonds is 7.